The zero-order valence-corrected chi connectivity index (χ0v) is 23.0. The first-order valence-corrected chi connectivity index (χ1v) is 13.5. The summed E-state index contributed by atoms with van der Waals surface area (Å²) >= 11 is 0. The molecule has 0 aromatic heterocycles. The second kappa shape index (κ2) is 10.9. The number of benzene rings is 9. The van der Waals surface area contributed by atoms with Crippen molar-refractivity contribution in [2.45, 2.75) is 0 Å². The van der Waals surface area contributed by atoms with Crippen LogP contribution in [0.1, 0.15) is 41.1 Å². The number of hydrogen-bond acceptors (Lipinski definition) is 0. The molecule has 0 radical (unpaired) electrons. The second-order valence-electron chi connectivity index (χ2n) is 9.75. The highest BCUT2D eigenvalue weighted by Crippen LogP contribution is 2.46. The Morgan fingerprint density at radius 2 is 0.804 bits per heavy atom. The van der Waals surface area contributed by atoms with Crippen LogP contribution < -0.4 is 0 Å². The Kier molecular flexibility index (Phi) is 2.37. The molecule has 46 heavy (non-hydrogen) atoms. The predicted molar refractivity (Wildman–Crippen MR) is 198 cm³/mol. The molecular formula is C46H30. The summed E-state index contributed by atoms with van der Waals surface area (Å²) < 4.78 is 271. The summed E-state index contributed by atoms with van der Waals surface area (Å²) in [7, 11) is 0. The maximum Gasteiger partial charge on any atom is 0.0636 e. The van der Waals surface area contributed by atoms with Gasteiger partial charge in [0.05, 0.1) is 41.1 Å². The summed E-state index contributed by atoms with van der Waals surface area (Å²) in [6.07, 6.45) is 0. The van der Waals surface area contributed by atoms with Gasteiger partial charge in [-0.25, -0.2) is 0 Å². The van der Waals surface area contributed by atoms with E-state index in [1.165, 1.54) is 0 Å². The molecule has 214 valence electrons. The van der Waals surface area contributed by atoms with Crippen LogP contribution in [0.25, 0.3) is 87.6 Å². The molecule has 0 aliphatic rings. The van der Waals surface area contributed by atoms with Crippen LogP contribution in [-0.2, 0) is 0 Å². The van der Waals surface area contributed by atoms with E-state index in [0.29, 0.717) is 0 Å². The van der Waals surface area contributed by atoms with Gasteiger partial charge >= 0.3 is 0 Å². The molecule has 0 aliphatic carbocycles. The van der Waals surface area contributed by atoms with Crippen LogP contribution in [0.2, 0.25) is 0 Å². The van der Waals surface area contributed by atoms with Crippen molar-refractivity contribution in [3.8, 4) is 44.5 Å². The lowest BCUT2D eigenvalue weighted by Crippen LogP contribution is -1.92. The zero-order chi connectivity index (χ0) is 56.6. The molecule has 9 rings (SSSR count). The number of fused-ring (bicyclic) bond motifs is 4. The maximum absolute atomic E-state index is 10.2. The number of hydrogen-bond donors (Lipinski definition) is 0. The lowest BCUT2D eigenvalue weighted by Gasteiger charge is -2.20. The molecule has 0 aliphatic heterocycles. The molecule has 0 atom stereocenters. The SMILES string of the molecule is [2H]c1c([2H])c([2H])c(-c2c([2H])c([2H])c([2H])c(-c3c4c([2H])c([2H])c([2H])c([2H])c4c(-c4c([2H])c([2H])c5c([2H])c([2H])c([2H])c([2H])c5c4[2H])c4c([2H])c([2H])c(-c5c([2H])c([2H])c([2H])c6c([2H])c([2H])c([2H])c([2H])c56)c([2H])c34)c2[2H])c([2H])c1[2H]. The maximum atomic E-state index is 10.2. The Hall–Kier alpha value is -5.98. The van der Waals surface area contributed by atoms with E-state index >= 15 is 0 Å². The van der Waals surface area contributed by atoms with Gasteiger partial charge in [0.1, 0.15) is 0 Å². The Morgan fingerprint density at radius 3 is 1.63 bits per heavy atom. The number of rotatable bonds is 4. The molecule has 9 aromatic carbocycles. The van der Waals surface area contributed by atoms with Crippen LogP contribution in [0.3, 0.4) is 0 Å². The van der Waals surface area contributed by atoms with E-state index in [4.69, 9.17) is 27.4 Å². The van der Waals surface area contributed by atoms with Crippen molar-refractivity contribution in [2.24, 2.45) is 0 Å². The smallest absolute Gasteiger partial charge is 0.0622 e. The zero-order valence-electron chi connectivity index (χ0n) is 53.0. The second-order valence-corrected chi connectivity index (χ2v) is 9.75. The van der Waals surface area contributed by atoms with Crippen LogP contribution in [0.5, 0.6) is 0 Å². The van der Waals surface area contributed by atoms with E-state index in [1.807, 2.05) is 0 Å². The average Bonchev–Trinajstić information content (AvgIpc) is 3.38. The topological polar surface area (TPSA) is 0 Å². The molecule has 0 nitrogen and oxygen atoms in total. The molecule has 0 amide bonds. The van der Waals surface area contributed by atoms with E-state index in [-0.39, 0.29) is 0 Å². The van der Waals surface area contributed by atoms with Gasteiger partial charge in [0.25, 0.3) is 0 Å². The van der Waals surface area contributed by atoms with Crippen molar-refractivity contribution >= 4 is 43.1 Å². The van der Waals surface area contributed by atoms with Gasteiger partial charge in [-0.2, -0.15) is 0 Å². The lowest BCUT2D eigenvalue weighted by atomic mass is 9.84. The van der Waals surface area contributed by atoms with Crippen molar-refractivity contribution in [3.63, 3.8) is 0 Å². The third kappa shape index (κ3) is 4.38. The predicted octanol–water partition coefficient (Wildman–Crippen LogP) is 13.0. The highest BCUT2D eigenvalue weighted by molar-refractivity contribution is 6.22. The van der Waals surface area contributed by atoms with Gasteiger partial charge in [-0.05, 0) is 106 Å². The van der Waals surface area contributed by atoms with E-state index in [1.54, 1.807) is 0 Å². The minimum atomic E-state index is -1.17. The third-order valence-corrected chi connectivity index (χ3v) is 7.19. The Morgan fingerprint density at radius 1 is 0.261 bits per heavy atom. The molecule has 9 aromatic rings. The molecule has 0 saturated heterocycles. The van der Waals surface area contributed by atoms with Crippen LogP contribution in [0, 0.1) is 0 Å². The normalized spacial score (nSPS) is 20.6. The molecule has 0 unspecified atom stereocenters. The standard InChI is InChI=1S/C46H30/c1-2-12-31(13-3-1)35-18-10-19-37(28-35)46-42-22-9-8-21-41(42)45(38-25-24-32-14-4-5-16-34(32)29-38)43-27-26-36(30-44(43)46)40-23-11-17-33-15-6-7-20-39(33)40/h1-30H/i1D,2D,3D,4D,5D,6D,7D,8D,9D,10D,11D,12D,13D,14D,15D,16D,17D,18D,19D,20D,21D,22D,23D,24D,25D,26D,27D,28D,29D,30D. The summed E-state index contributed by atoms with van der Waals surface area (Å²) in [5.74, 6) is 0. The average molecular weight is 613 g/mol. The van der Waals surface area contributed by atoms with Gasteiger partial charge in [0.15, 0.2) is 0 Å². The first-order valence-electron chi connectivity index (χ1n) is 28.5. The van der Waals surface area contributed by atoms with Crippen molar-refractivity contribution in [1.29, 1.82) is 0 Å². The van der Waals surface area contributed by atoms with E-state index < -0.39 is 269 Å². The first-order chi connectivity index (χ1) is 35.3. The Balaban J connectivity index is 1.71. The molecule has 0 spiro atoms. The minimum absolute atomic E-state index is 0.646. The summed E-state index contributed by atoms with van der Waals surface area (Å²) in [6, 6.07) is -30.5. The van der Waals surface area contributed by atoms with E-state index in [9.17, 15) is 13.7 Å². The molecular weight excluding hydrogens is 553 g/mol. The highest BCUT2D eigenvalue weighted by atomic mass is 14.2. The van der Waals surface area contributed by atoms with E-state index in [2.05, 4.69) is 0 Å². The van der Waals surface area contributed by atoms with Gasteiger partial charge in [0.2, 0.25) is 0 Å². The van der Waals surface area contributed by atoms with Crippen molar-refractivity contribution < 1.29 is 41.1 Å². The summed E-state index contributed by atoms with van der Waals surface area (Å²) in [4.78, 5) is 0. The van der Waals surface area contributed by atoms with Gasteiger partial charge in [-0.15, -0.1) is 0 Å². The van der Waals surface area contributed by atoms with Gasteiger partial charge in [0, 0.05) is 0 Å². The lowest BCUT2D eigenvalue weighted by molar-refractivity contribution is 1.61. The largest absolute Gasteiger partial charge is 0.0636 e. The third-order valence-electron chi connectivity index (χ3n) is 7.19. The van der Waals surface area contributed by atoms with Crippen molar-refractivity contribution in [1.82, 2.24) is 0 Å². The fourth-order valence-corrected chi connectivity index (χ4v) is 5.22. The summed E-state index contributed by atoms with van der Waals surface area (Å²) in [5.41, 5.74) is -7.19. The molecule has 0 heteroatoms. The molecule has 0 saturated carbocycles. The summed E-state index contributed by atoms with van der Waals surface area (Å²) in [6.45, 7) is 0. The molecule has 0 heterocycles. The fraction of sp³-hybridized carbons (Fsp3) is 0. The molecule has 0 bridgehead atoms. The molecule has 0 N–H and O–H groups in total. The Bertz CT molecular complexity index is 4240. The minimum Gasteiger partial charge on any atom is -0.0622 e. The monoisotopic (exact) mass is 612 g/mol. The Labute approximate surface area is 311 Å². The fourth-order valence-electron chi connectivity index (χ4n) is 5.22. The van der Waals surface area contributed by atoms with Crippen molar-refractivity contribution in [2.75, 3.05) is 0 Å². The van der Waals surface area contributed by atoms with Crippen LogP contribution in [-0.4, -0.2) is 0 Å². The summed E-state index contributed by atoms with van der Waals surface area (Å²) in [5, 5.41) is -6.29. The highest BCUT2D eigenvalue weighted by Gasteiger charge is 2.18. The first kappa shape index (κ1) is 10.0. The van der Waals surface area contributed by atoms with Crippen LogP contribution in [0.15, 0.2) is 181 Å². The van der Waals surface area contributed by atoms with Crippen LogP contribution >= 0.6 is 0 Å². The van der Waals surface area contributed by atoms with Gasteiger partial charge < -0.3 is 0 Å². The van der Waals surface area contributed by atoms with Gasteiger partial charge in [-0.3, -0.25) is 0 Å². The van der Waals surface area contributed by atoms with Crippen molar-refractivity contribution in [3.05, 3.63) is 181 Å². The van der Waals surface area contributed by atoms with Crippen LogP contribution in [0.4, 0.5) is 0 Å². The van der Waals surface area contributed by atoms with Gasteiger partial charge in [-0.1, -0.05) is 163 Å². The van der Waals surface area contributed by atoms with E-state index in [0.717, 1.165) is 0 Å². The molecule has 0 fully saturated rings. The quantitative estimate of drug-likeness (QED) is 0.173.